The van der Waals surface area contributed by atoms with E-state index in [2.05, 4.69) is 16.0 Å². The summed E-state index contributed by atoms with van der Waals surface area (Å²) >= 11 is 0. The molecule has 0 bridgehead atoms. The minimum absolute atomic E-state index is 0.0558. The van der Waals surface area contributed by atoms with E-state index in [4.69, 9.17) is 5.73 Å². The number of carbonyl (C=O) groups is 5. The Morgan fingerprint density at radius 1 is 0.936 bits per heavy atom. The van der Waals surface area contributed by atoms with Gasteiger partial charge in [-0.3, -0.25) is 19.2 Å². The van der Waals surface area contributed by atoms with Crippen LogP contribution in [0.3, 0.4) is 0 Å². The standard InChI is InChI=1S/C32H55N7O7S/c1-30(2,3)21(17-38-14-10-13-37(9)47(38,45)46)35-29(44)36-25(31(4,5)6)28(43)39-16-19-22(32(19,7)8)23(39)27(42)34-20(15-18-11-12-18)24(40)26(33)41/h18-23,25H,10-17H2,1-9H3,(H2,33,41)(H,34,42)(H2,35,36,44)/t19-,20?,21+,22-,23-,25+/m0/s1. The first-order valence-corrected chi connectivity index (χ1v) is 18.1. The summed E-state index contributed by atoms with van der Waals surface area (Å²) in [6, 6.07) is -4.17. The van der Waals surface area contributed by atoms with Gasteiger partial charge in [0.25, 0.3) is 16.1 Å². The van der Waals surface area contributed by atoms with Crippen molar-refractivity contribution in [1.29, 1.82) is 0 Å². The highest BCUT2D eigenvalue weighted by molar-refractivity contribution is 7.86. The maximum absolute atomic E-state index is 14.3. The lowest BCUT2D eigenvalue weighted by Gasteiger charge is -2.40. The molecule has 1 unspecified atom stereocenters. The van der Waals surface area contributed by atoms with Gasteiger partial charge in [0.15, 0.2) is 0 Å². The molecular weight excluding hydrogens is 626 g/mol. The lowest BCUT2D eigenvalue weighted by molar-refractivity contribution is -0.145. The van der Waals surface area contributed by atoms with E-state index in [0.717, 1.165) is 12.8 Å². The summed E-state index contributed by atoms with van der Waals surface area (Å²) in [6.45, 7) is 16.4. The first-order chi connectivity index (χ1) is 21.5. The molecule has 2 saturated carbocycles. The monoisotopic (exact) mass is 681 g/mol. The van der Waals surface area contributed by atoms with Crippen LogP contribution < -0.4 is 21.7 Å². The van der Waals surface area contributed by atoms with Crippen molar-refractivity contribution in [3.8, 4) is 0 Å². The molecule has 0 aromatic carbocycles. The summed E-state index contributed by atoms with van der Waals surface area (Å²) in [6.07, 6.45) is 2.81. The van der Waals surface area contributed by atoms with Crippen LogP contribution in [0.5, 0.6) is 0 Å². The van der Waals surface area contributed by atoms with E-state index < -0.39 is 74.7 Å². The van der Waals surface area contributed by atoms with Crippen LogP contribution in [0.4, 0.5) is 4.79 Å². The maximum atomic E-state index is 14.3. The fourth-order valence-electron chi connectivity index (χ4n) is 7.13. The van der Waals surface area contributed by atoms with Gasteiger partial charge < -0.3 is 26.6 Å². The van der Waals surface area contributed by atoms with E-state index in [1.165, 1.54) is 20.6 Å². The molecule has 15 heteroatoms. The minimum atomic E-state index is -3.66. The lowest BCUT2D eigenvalue weighted by atomic mass is 9.85. The first kappa shape index (κ1) is 37.0. The number of likely N-dealkylation sites (tertiary alicyclic amines) is 1. The quantitative estimate of drug-likeness (QED) is 0.232. The zero-order valence-corrected chi connectivity index (χ0v) is 30.2. The largest absolute Gasteiger partial charge is 0.363 e. The van der Waals surface area contributed by atoms with Gasteiger partial charge in [-0.25, -0.2) is 4.79 Å². The summed E-state index contributed by atoms with van der Waals surface area (Å²) < 4.78 is 28.6. The number of hydrogen-bond acceptors (Lipinski definition) is 7. The van der Waals surface area contributed by atoms with E-state index in [9.17, 15) is 32.4 Å². The Morgan fingerprint density at radius 3 is 2.09 bits per heavy atom. The van der Waals surface area contributed by atoms with Crippen molar-refractivity contribution in [3.05, 3.63) is 0 Å². The Balaban J connectivity index is 1.52. The van der Waals surface area contributed by atoms with E-state index in [1.54, 1.807) is 0 Å². The van der Waals surface area contributed by atoms with Crippen LogP contribution in [0.15, 0.2) is 0 Å². The highest BCUT2D eigenvalue weighted by Crippen LogP contribution is 2.65. The van der Waals surface area contributed by atoms with Crippen molar-refractivity contribution >= 4 is 39.7 Å². The Labute approximate surface area is 279 Å². The number of ketones is 1. The highest BCUT2D eigenvalue weighted by Gasteiger charge is 2.70. The van der Waals surface area contributed by atoms with Crippen molar-refractivity contribution in [1.82, 2.24) is 29.5 Å². The Kier molecular flexibility index (Phi) is 10.2. The maximum Gasteiger partial charge on any atom is 0.315 e. The van der Waals surface area contributed by atoms with Gasteiger partial charge in [0.1, 0.15) is 12.1 Å². The fraction of sp³-hybridized carbons (Fsp3) is 0.844. The second-order valence-corrected chi connectivity index (χ2v) is 18.8. The molecule has 5 amide bonds. The van der Waals surface area contributed by atoms with Crippen molar-refractivity contribution in [3.63, 3.8) is 0 Å². The third-order valence-corrected chi connectivity index (χ3v) is 12.6. The van der Waals surface area contributed by atoms with E-state index in [-0.39, 0.29) is 29.7 Å². The van der Waals surface area contributed by atoms with Gasteiger partial charge in [-0.2, -0.15) is 17.0 Å². The molecule has 2 aliphatic heterocycles. The van der Waals surface area contributed by atoms with Crippen LogP contribution in [0.1, 0.15) is 81.1 Å². The Morgan fingerprint density at radius 2 is 1.55 bits per heavy atom. The summed E-state index contributed by atoms with van der Waals surface area (Å²) in [5, 5.41) is 8.55. The number of fused-ring (bicyclic) bond motifs is 1. The van der Waals surface area contributed by atoms with Crippen LogP contribution in [-0.2, 0) is 29.4 Å². The van der Waals surface area contributed by atoms with Gasteiger partial charge in [0, 0.05) is 39.3 Å². The number of amides is 5. The number of nitrogens with zero attached hydrogens (tertiary/aromatic N) is 3. The van der Waals surface area contributed by atoms with Gasteiger partial charge >= 0.3 is 6.03 Å². The van der Waals surface area contributed by atoms with Gasteiger partial charge in [0.05, 0.1) is 6.04 Å². The number of primary amides is 1. The van der Waals surface area contributed by atoms with Crippen molar-refractivity contribution in [2.75, 3.05) is 33.2 Å². The number of nitrogens with one attached hydrogen (secondary N) is 3. The smallest absolute Gasteiger partial charge is 0.315 e. The van der Waals surface area contributed by atoms with E-state index >= 15 is 0 Å². The second-order valence-electron chi connectivity index (χ2n) is 16.7. The predicted molar refractivity (Wildman–Crippen MR) is 176 cm³/mol. The van der Waals surface area contributed by atoms with Gasteiger partial charge in [-0.1, -0.05) is 68.2 Å². The molecule has 4 rings (SSSR count). The number of nitrogens with two attached hydrogens (primary N) is 1. The molecule has 5 N–H and O–H groups in total. The van der Waals surface area contributed by atoms with Crippen LogP contribution in [-0.4, -0.2) is 109 Å². The molecule has 0 radical (unpaired) electrons. The second kappa shape index (κ2) is 12.9. The Hall–Kier alpha value is -2.78. The molecule has 0 spiro atoms. The molecule has 14 nitrogen and oxygen atoms in total. The lowest BCUT2D eigenvalue weighted by Crippen LogP contribution is -2.63. The molecular formula is C32H55N7O7S. The predicted octanol–water partition coefficient (Wildman–Crippen LogP) is 0.820. The number of piperidine rings is 1. The molecule has 0 aromatic rings. The average molecular weight is 682 g/mol. The molecule has 266 valence electrons. The summed E-state index contributed by atoms with van der Waals surface area (Å²) in [4.78, 5) is 67.7. The molecule has 4 fully saturated rings. The number of urea groups is 1. The van der Waals surface area contributed by atoms with E-state index in [0.29, 0.717) is 32.5 Å². The third kappa shape index (κ3) is 7.93. The van der Waals surface area contributed by atoms with Gasteiger partial charge in [-0.15, -0.1) is 0 Å². The summed E-state index contributed by atoms with van der Waals surface area (Å²) in [7, 11) is -2.13. The van der Waals surface area contributed by atoms with Crippen LogP contribution in [0.25, 0.3) is 0 Å². The Bertz CT molecular complexity index is 1380. The number of rotatable bonds is 11. The molecule has 47 heavy (non-hydrogen) atoms. The topological polar surface area (TPSA) is 191 Å². The number of Topliss-reactive ketones (excluding diaryl/α,β-unsaturated/α-hetero) is 1. The zero-order chi connectivity index (χ0) is 35.4. The average Bonchev–Trinajstić information content (AvgIpc) is 3.79. The summed E-state index contributed by atoms with van der Waals surface area (Å²) in [5.74, 6) is -2.76. The SMILES string of the molecule is CN1CCCN(C[C@@H](NC(=O)N[C@H](C(=O)N2C[C@H]3[C@@H]([C@H]2C(=O)NC(CC2CC2)C(=O)C(N)=O)C3(C)C)C(C)(C)C)C(C)(C)C)S1(=O)=O. The fourth-order valence-corrected chi connectivity index (χ4v) is 8.58. The molecule has 2 saturated heterocycles. The van der Waals surface area contributed by atoms with Gasteiger partial charge in [-0.05, 0) is 46.8 Å². The van der Waals surface area contributed by atoms with Crippen LogP contribution in [0, 0.1) is 34.0 Å². The van der Waals surface area contributed by atoms with Crippen molar-refractivity contribution in [2.24, 2.45) is 39.7 Å². The normalized spacial score (nSPS) is 27.6. The van der Waals surface area contributed by atoms with Crippen molar-refractivity contribution in [2.45, 2.75) is 105 Å². The number of hydrogen-bond donors (Lipinski definition) is 4. The number of carbonyl (C=O) groups excluding carboxylic acids is 5. The van der Waals surface area contributed by atoms with Crippen LogP contribution >= 0.6 is 0 Å². The highest BCUT2D eigenvalue weighted by atomic mass is 32.2. The minimum Gasteiger partial charge on any atom is -0.363 e. The molecule has 2 aliphatic carbocycles. The van der Waals surface area contributed by atoms with E-state index in [1.807, 2.05) is 55.4 Å². The molecule has 2 heterocycles. The molecule has 4 aliphatic rings. The van der Waals surface area contributed by atoms with Gasteiger partial charge in [0.2, 0.25) is 17.6 Å². The zero-order valence-electron chi connectivity index (χ0n) is 29.4. The summed E-state index contributed by atoms with van der Waals surface area (Å²) in [5.41, 5.74) is 3.81. The third-order valence-electron chi connectivity index (χ3n) is 10.6. The van der Waals surface area contributed by atoms with Crippen molar-refractivity contribution < 1.29 is 32.4 Å². The van der Waals surface area contributed by atoms with Crippen LogP contribution in [0.2, 0.25) is 0 Å². The molecule has 6 atom stereocenters. The molecule has 0 aromatic heterocycles. The first-order valence-electron chi connectivity index (χ1n) is 16.7.